The van der Waals surface area contributed by atoms with Gasteiger partial charge in [0.2, 0.25) is 0 Å². The van der Waals surface area contributed by atoms with Gasteiger partial charge in [0.1, 0.15) is 0 Å². The summed E-state index contributed by atoms with van der Waals surface area (Å²) >= 11 is 0. The second-order valence-corrected chi connectivity index (χ2v) is 4.50. The van der Waals surface area contributed by atoms with Crippen molar-refractivity contribution in [1.82, 2.24) is 14.6 Å². The highest BCUT2D eigenvalue weighted by Gasteiger charge is 2.10. The van der Waals surface area contributed by atoms with Gasteiger partial charge < -0.3 is 0 Å². The first-order valence-corrected chi connectivity index (χ1v) is 5.96. The number of pyridine rings is 2. The molecule has 0 atom stereocenters. The van der Waals surface area contributed by atoms with E-state index in [0.717, 1.165) is 27.3 Å². The molecule has 0 spiro atoms. The van der Waals surface area contributed by atoms with Gasteiger partial charge in [-0.1, -0.05) is 18.2 Å². The number of fused-ring (bicyclic) bond motifs is 6. The van der Waals surface area contributed by atoms with E-state index in [1.165, 1.54) is 5.56 Å². The van der Waals surface area contributed by atoms with Crippen molar-refractivity contribution in [2.24, 2.45) is 0 Å². The molecule has 0 aliphatic rings. The van der Waals surface area contributed by atoms with Crippen molar-refractivity contribution >= 4 is 27.3 Å². The smallest absolute Gasteiger partial charge is 0.0817 e. The summed E-state index contributed by atoms with van der Waals surface area (Å²) in [6.45, 7) is 2.11. The maximum atomic E-state index is 4.54. The lowest BCUT2D eigenvalue weighted by Gasteiger charge is -2.08. The zero-order valence-electron chi connectivity index (χ0n) is 9.96. The van der Waals surface area contributed by atoms with Crippen LogP contribution in [0.25, 0.3) is 27.3 Å². The molecule has 0 bridgehead atoms. The molecule has 3 nitrogen and oxygen atoms in total. The van der Waals surface area contributed by atoms with Crippen LogP contribution < -0.4 is 0 Å². The number of rotatable bonds is 0. The van der Waals surface area contributed by atoms with Crippen LogP contribution in [0.5, 0.6) is 0 Å². The Labute approximate surface area is 104 Å². The first kappa shape index (κ1) is 9.59. The lowest BCUT2D eigenvalue weighted by molar-refractivity contribution is 1.00. The average molecular weight is 233 g/mol. The molecule has 0 fully saturated rings. The third-order valence-electron chi connectivity index (χ3n) is 3.43. The van der Waals surface area contributed by atoms with Gasteiger partial charge in [0.25, 0.3) is 0 Å². The standard InChI is InChI=1S/C15H11N3/c1-10-4-2-5-12-14-11(6-3-8-16-14)13-7-9-17-18(13)15(10)12/h2-9H,1H3. The zero-order valence-corrected chi connectivity index (χ0v) is 9.96. The van der Waals surface area contributed by atoms with Gasteiger partial charge in [-0.3, -0.25) is 4.98 Å². The summed E-state index contributed by atoms with van der Waals surface area (Å²) < 4.78 is 2.01. The Morgan fingerprint density at radius 1 is 0.944 bits per heavy atom. The van der Waals surface area contributed by atoms with E-state index in [0.29, 0.717) is 0 Å². The van der Waals surface area contributed by atoms with E-state index in [2.05, 4.69) is 41.3 Å². The molecule has 3 aromatic heterocycles. The minimum absolute atomic E-state index is 1.05. The topological polar surface area (TPSA) is 30.2 Å². The van der Waals surface area contributed by atoms with Crippen LogP contribution in [0.15, 0.2) is 48.8 Å². The SMILES string of the molecule is Cc1cccc2c3ncccc3c3ccnn3c12. The summed E-state index contributed by atoms with van der Waals surface area (Å²) in [5.41, 5.74) is 4.52. The van der Waals surface area contributed by atoms with Crippen LogP contribution in [0, 0.1) is 6.92 Å². The summed E-state index contributed by atoms with van der Waals surface area (Å²) in [5.74, 6) is 0. The van der Waals surface area contributed by atoms with Gasteiger partial charge in [-0.25, -0.2) is 4.52 Å². The van der Waals surface area contributed by atoms with Gasteiger partial charge in [-0.2, -0.15) is 5.10 Å². The van der Waals surface area contributed by atoms with E-state index in [1.54, 1.807) is 0 Å². The Balaban J connectivity index is 2.49. The quantitative estimate of drug-likeness (QED) is 0.436. The van der Waals surface area contributed by atoms with Gasteiger partial charge in [-0.05, 0) is 30.7 Å². The minimum atomic E-state index is 1.05. The van der Waals surface area contributed by atoms with Crippen LogP contribution in [0.2, 0.25) is 0 Å². The van der Waals surface area contributed by atoms with E-state index in [-0.39, 0.29) is 0 Å². The van der Waals surface area contributed by atoms with Crippen molar-refractivity contribution in [1.29, 1.82) is 0 Å². The van der Waals surface area contributed by atoms with Crippen LogP contribution in [0.3, 0.4) is 0 Å². The van der Waals surface area contributed by atoms with Gasteiger partial charge in [0.15, 0.2) is 0 Å². The molecule has 0 amide bonds. The fraction of sp³-hybridized carbons (Fsp3) is 0.0667. The second kappa shape index (κ2) is 3.29. The van der Waals surface area contributed by atoms with Crippen LogP contribution in [0.1, 0.15) is 5.56 Å². The third kappa shape index (κ3) is 1.08. The zero-order chi connectivity index (χ0) is 12.1. The monoisotopic (exact) mass is 233 g/mol. The molecule has 0 radical (unpaired) electrons. The molecule has 0 unspecified atom stereocenters. The van der Waals surface area contributed by atoms with Crippen LogP contribution in [-0.4, -0.2) is 14.6 Å². The fourth-order valence-electron chi connectivity index (χ4n) is 2.64. The van der Waals surface area contributed by atoms with Crippen molar-refractivity contribution in [3.05, 3.63) is 54.4 Å². The molecular formula is C15H11N3. The van der Waals surface area contributed by atoms with Crippen LogP contribution >= 0.6 is 0 Å². The minimum Gasteiger partial charge on any atom is -0.255 e. The van der Waals surface area contributed by atoms with Crippen molar-refractivity contribution < 1.29 is 0 Å². The molecule has 0 N–H and O–H groups in total. The summed E-state index contributed by atoms with van der Waals surface area (Å²) in [4.78, 5) is 4.54. The van der Waals surface area contributed by atoms with E-state index in [9.17, 15) is 0 Å². The third-order valence-corrected chi connectivity index (χ3v) is 3.43. The van der Waals surface area contributed by atoms with Crippen molar-refractivity contribution in [3.8, 4) is 0 Å². The Kier molecular flexibility index (Phi) is 1.75. The number of nitrogens with zero attached hydrogens (tertiary/aromatic N) is 3. The predicted molar refractivity (Wildman–Crippen MR) is 72.7 cm³/mol. The molecular weight excluding hydrogens is 222 g/mol. The highest BCUT2D eigenvalue weighted by atomic mass is 15.2. The number of para-hydroxylation sites is 1. The molecule has 0 aliphatic heterocycles. The van der Waals surface area contributed by atoms with Crippen molar-refractivity contribution in [2.75, 3.05) is 0 Å². The average Bonchev–Trinajstić information content (AvgIpc) is 2.88. The first-order valence-electron chi connectivity index (χ1n) is 5.96. The fourth-order valence-corrected chi connectivity index (χ4v) is 2.64. The molecule has 3 heteroatoms. The van der Waals surface area contributed by atoms with Gasteiger partial charge >= 0.3 is 0 Å². The van der Waals surface area contributed by atoms with Crippen LogP contribution in [0.4, 0.5) is 0 Å². The number of aryl methyl sites for hydroxylation is 1. The number of benzene rings is 1. The Morgan fingerprint density at radius 2 is 1.83 bits per heavy atom. The summed E-state index contributed by atoms with van der Waals surface area (Å²) in [6.07, 6.45) is 3.69. The van der Waals surface area contributed by atoms with Gasteiger partial charge in [0.05, 0.1) is 22.7 Å². The number of hydrogen-bond acceptors (Lipinski definition) is 2. The number of aromatic nitrogens is 3. The van der Waals surface area contributed by atoms with Gasteiger partial charge in [-0.15, -0.1) is 0 Å². The first-order chi connectivity index (χ1) is 8.86. The number of hydrogen-bond donors (Lipinski definition) is 0. The normalized spacial score (nSPS) is 11.6. The summed E-state index contributed by atoms with van der Waals surface area (Å²) in [5, 5.41) is 6.75. The van der Waals surface area contributed by atoms with E-state index < -0.39 is 0 Å². The Bertz CT molecular complexity index is 890. The van der Waals surface area contributed by atoms with E-state index >= 15 is 0 Å². The lowest BCUT2D eigenvalue weighted by Crippen LogP contribution is -1.95. The highest BCUT2D eigenvalue weighted by Crippen LogP contribution is 2.28. The Morgan fingerprint density at radius 3 is 2.78 bits per heavy atom. The summed E-state index contributed by atoms with van der Waals surface area (Å²) in [7, 11) is 0. The van der Waals surface area contributed by atoms with E-state index in [1.807, 2.05) is 29.0 Å². The highest BCUT2D eigenvalue weighted by molar-refractivity contribution is 6.10. The second-order valence-electron chi connectivity index (χ2n) is 4.50. The molecule has 86 valence electrons. The van der Waals surface area contributed by atoms with Crippen LogP contribution in [-0.2, 0) is 0 Å². The van der Waals surface area contributed by atoms with Gasteiger partial charge in [0, 0.05) is 17.0 Å². The molecule has 1 aromatic carbocycles. The molecule has 18 heavy (non-hydrogen) atoms. The maximum Gasteiger partial charge on any atom is 0.0817 e. The van der Waals surface area contributed by atoms with E-state index in [4.69, 9.17) is 0 Å². The molecule has 0 saturated carbocycles. The molecule has 0 saturated heterocycles. The largest absolute Gasteiger partial charge is 0.255 e. The van der Waals surface area contributed by atoms with Crippen molar-refractivity contribution in [3.63, 3.8) is 0 Å². The maximum absolute atomic E-state index is 4.54. The summed E-state index contributed by atoms with van der Waals surface area (Å²) in [6, 6.07) is 12.4. The molecule has 4 aromatic rings. The predicted octanol–water partition coefficient (Wildman–Crippen LogP) is 3.34. The molecule has 0 aliphatic carbocycles. The lowest BCUT2D eigenvalue weighted by atomic mass is 10.1. The Hall–Kier alpha value is -2.42. The van der Waals surface area contributed by atoms with Crippen molar-refractivity contribution in [2.45, 2.75) is 6.92 Å². The molecule has 3 heterocycles. The molecule has 4 rings (SSSR count).